The van der Waals surface area contributed by atoms with Gasteiger partial charge >= 0.3 is 0 Å². The normalized spacial score (nSPS) is 21.9. The number of likely N-dealkylation sites (tertiary alicyclic amines) is 1. The third-order valence-electron chi connectivity index (χ3n) is 3.16. The summed E-state index contributed by atoms with van der Waals surface area (Å²) < 4.78 is 10.1. The highest BCUT2D eigenvalue weighted by Gasteiger charge is 2.47. The molecule has 2 rings (SSSR count). The van der Waals surface area contributed by atoms with Gasteiger partial charge in [0, 0.05) is 13.7 Å². The second kappa shape index (κ2) is 6.32. The number of benzene rings is 1. The van der Waals surface area contributed by atoms with E-state index in [1.165, 1.54) is 7.11 Å². The summed E-state index contributed by atoms with van der Waals surface area (Å²) >= 11 is 0. The van der Waals surface area contributed by atoms with Crippen LogP contribution in [0.2, 0.25) is 0 Å². The topological polar surface area (TPSA) is 62.6 Å². The number of rotatable bonds is 6. The van der Waals surface area contributed by atoms with Crippen LogP contribution in [-0.2, 0) is 20.8 Å². The van der Waals surface area contributed by atoms with Crippen LogP contribution in [0.1, 0.15) is 5.56 Å². The molecular formula is C14H16N2O3. The second-order valence-corrected chi connectivity index (χ2v) is 4.40. The van der Waals surface area contributed by atoms with Crippen molar-refractivity contribution in [3.8, 4) is 6.07 Å². The largest absolute Gasteiger partial charge is 0.359 e. The summed E-state index contributed by atoms with van der Waals surface area (Å²) in [6.45, 7) is 1.01. The predicted octanol–water partition coefficient (Wildman–Crippen LogP) is 1.16. The van der Waals surface area contributed by atoms with Gasteiger partial charge in [0.05, 0.1) is 18.7 Å². The minimum absolute atomic E-state index is 0.127. The maximum Gasteiger partial charge on any atom is 0.242 e. The number of nitriles is 1. The molecule has 0 unspecified atom stereocenters. The molecule has 19 heavy (non-hydrogen) atoms. The lowest BCUT2D eigenvalue weighted by Gasteiger charge is -2.43. The number of methoxy groups -OCH3 is 1. The van der Waals surface area contributed by atoms with Crippen LogP contribution in [0, 0.1) is 17.2 Å². The van der Waals surface area contributed by atoms with Gasteiger partial charge in [-0.1, -0.05) is 30.3 Å². The van der Waals surface area contributed by atoms with Gasteiger partial charge in [0.1, 0.15) is 12.7 Å². The summed E-state index contributed by atoms with van der Waals surface area (Å²) in [5.41, 5.74) is 1.05. The Labute approximate surface area is 112 Å². The number of nitrogens with zero attached hydrogens (tertiary/aromatic N) is 2. The van der Waals surface area contributed by atoms with Crippen LogP contribution in [-0.4, -0.2) is 37.4 Å². The number of ether oxygens (including phenoxy) is 2. The van der Waals surface area contributed by atoms with Gasteiger partial charge in [-0.15, -0.1) is 0 Å². The molecule has 0 aliphatic carbocycles. The van der Waals surface area contributed by atoms with Crippen LogP contribution >= 0.6 is 0 Å². The highest BCUT2D eigenvalue weighted by Crippen LogP contribution is 2.28. The third-order valence-corrected chi connectivity index (χ3v) is 3.16. The molecule has 1 heterocycles. The molecule has 1 fully saturated rings. The predicted molar refractivity (Wildman–Crippen MR) is 67.7 cm³/mol. The summed E-state index contributed by atoms with van der Waals surface area (Å²) in [5.74, 6) is -0.724. The van der Waals surface area contributed by atoms with Crippen LogP contribution in [0.5, 0.6) is 0 Å². The average molecular weight is 260 g/mol. The quantitative estimate of drug-likeness (QED) is 0.437. The van der Waals surface area contributed by atoms with Crippen molar-refractivity contribution >= 4 is 5.91 Å². The Morgan fingerprint density at radius 1 is 1.37 bits per heavy atom. The molecule has 1 aliphatic rings. The van der Waals surface area contributed by atoms with E-state index in [1.807, 2.05) is 36.4 Å². The Morgan fingerprint density at radius 2 is 2.11 bits per heavy atom. The van der Waals surface area contributed by atoms with Crippen molar-refractivity contribution in [2.24, 2.45) is 5.92 Å². The van der Waals surface area contributed by atoms with Crippen LogP contribution in [0.4, 0.5) is 0 Å². The fourth-order valence-corrected chi connectivity index (χ4v) is 2.16. The maximum absolute atomic E-state index is 11.9. The van der Waals surface area contributed by atoms with Gasteiger partial charge < -0.3 is 14.4 Å². The Balaban J connectivity index is 1.98. The highest BCUT2D eigenvalue weighted by molar-refractivity contribution is 5.88. The summed E-state index contributed by atoms with van der Waals surface area (Å²) in [6.07, 6.45) is 0. The fraction of sp³-hybridized carbons (Fsp3) is 0.429. The second-order valence-electron chi connectivity index (χ2n) is 4.40. The number of β-lactam (4-membered cyclic amide) rings is 1. The molecule has 0 saturated carbocycles. The van der Waals surface area contributed by atoms with Crippen molar-refractivity contribution in [3.05, 3.63) is 35.9 Å². The Kier molecular flexibility index (Phi) is 4.50. The number of hydrogen-bond donors (Lipinski definition) is 0. The summed E-state index contributed by atoms with van der Waals surface area (Å²) in [7, 11) is 1.54. The minimum atomic E-state index is -0.597. The minimum Gasteiger partial charge on any atom is -0.359 e. The van der Waals surface area contributed by atoms with Gasteiger partial charge in [0.2, 0.25) is 5.91 Å². The first kappa shape index (κ1) is 13.5. The van der Waals surface area contributed by atoms with Crippen LogP contribution in [0.25, 0.3) is 0 Å². The molecule has 1 saturated heterocycles. The molecule has 5 nitrogen and oxygen atoms in total. The first-order chi connectivity index (χ1) is 9.27. The van der Waals surface area contributed by atoms with E-state index in [1.54, 1.807) is 4.90 Å². The van der Waals surface area contributed by atoms with Crippen LogP contribution < -0.4 is 0 Å². The zero-order valence-electron chi connectivity index (χ0n) is 10.8. The standard InChI is InChI=1S/C14H16N2O3/c1-18-10-19-9-13-12(7-15)14(17)16(13)8-11-5-3-2-4-6-11/h2-6,12-13H,8-10H2,1H3/t12-,13+/m1/s1. The van der Waals surface area contributed by atoms with E-state index in [0.717, 1.165) is 5.56 Å². The lowest BCUT2D eigenvalue weighted by molar-refractivity contribution is -0.160. The molecule has 1 aromatic carbocycles. The SMILES string of the molecule is COCOC[C@H]1[C@@H](C#N)C(=O)N1Cc1ccccc1. The smallest absolute Gasteiger partial charge is 0.242 e. The van der Waals surface area contributed by atoms with E-state index in [2.05, 4.69) is 0 Å². The van der Waals surface area contributed by atoms with E-state index < -0.39 is 5.92 Å². The van der Waals surface area contributed by atoms with Gasteiger partial charge in [-0.2, -0.15) is 5.26 Å². The molecule has 0 N–H and O–H groups in total. The molecule has 100 valence electrons. The van der Waals surface area contributed by atoms with Crippen molar-refractivity contribution in [1.29, 1.82) is 5.26 Å². The number of carbonyl (C=O) groups is 1. The Morgan fingerprint density at radius 3 is 2.74 bits per heavy atom. The monoisotopic (exact) mass is 260 g/mol. The molecular weight excluding hydrogens is 244 g/mol. The first-order valence-electron chi connectivity index (χ1n) is 6.08. The van der Waals surface area contributed by atoms with Crippen molar-refractivity contribution in [2.45, 2.75) is 12.6 Å². The fourth-order valence-electron chi connectivity index (χ4n) is 2.16. The summed E-state index contributed by atoms with van der Waals surface area (Å²) in [4.78, 5) is 13.5. The molecule has 0 spiro atoms. The molecule has 2 atom stereocenters. The van der Waals surface area contributed by atoms with Gasteiger partial charge in [0.15, 0.2) is 0 Å². The number of carbonyl (C=O) groups excluding carboxylic acids is 1. The van der Waals surface area contributed by atoms with E-state index in [-0.39, 0.29) is 18.7 Å². The van der Waals surface area contributed by atoms with Crippen LogP contribution in [0.15, 0.2) is 30.3 Å². The average Bonchev–Trinajstić information content (AvgIpc) is 2.45. The summed E-state index contributed by atoms with van der Waals surface area (Å²) in [6, 6.07) is 11.5. The lowest BCUT2D eigenvalue weighted by atomic mass is 9.88. The molecule has 0 aromatic heterocycles. The van der Waals surface area contributed by atoms with Crippen LogP contribution in [0.3, 0.4) is 0 Å². The van der Waals surface area contributed by atoms with Gasteiger partial charge in [-0.05, 0) is 5.56 Å². The van der Waals surface area contributed by atoms with Crippen molar-refractivity contribution < 1.29 is 14.3 Å². The van der Waals surface area contributed by atoms with Crippen molar-refractivity contribution in [1.82, 2.24) is 4.90 Å². The van der Waals surface area contributed by atoms with Crippen molar-refractivity contribution in [3.63, 3.8) is 0 Å². The molecule has 5 heteroatoms. The molecule has 1 aromatic rings. The van der Waals surface area contributed by atoms with E-state index >= 15 is 0 Å². The molecule has 1 amide bonds. The molecule has 0 radical (unpaired) electrons. The number of hydrogen-bond acceptors (Lipinski definition) is 4. The summed E-state index contributed by atoms with van der Waals surface area (Å²) in [5, 5.41) is 8.98. The molecule has 0 bridgehead atoms. The van der Waals surface area contributed by atoms with E-state index in [9.17, 15) is 4.79 Å². The Hall–Kier alpha value is -1.90. The molecule has 1 aliphatic heterocycles. The zero-order valence-corrected chi connectivity index (χ0v) is 10.8. The zero-order chi connectivity index (χ0) is 13.7. The first-order valence-corrected chi connectivity index (χ1v) is 6.08. The van der Waals surface area contributed by atoms with Gasteiger partial charge in [-0.3, -0.25) is 4.79 Å². The Bertz CT molecular complexity index is 469. The highest BCUT2D eigenvalue weighted by atomic mass is 16.7. The maximum atomic E-state index is 11.9. The number of amides is 1. The van der Waals surface area contributed by atoms with Gasteiger partial charge in [0.25, 0.3) is 0 Å². The van der Waals surface area contributed by atoms with E-state index in [0.29, 0.717) is 13.2 Å². The lowest BCUT2D eigenvalue weighted by Crippen LogP contribution is -2.61. The van der Waals surface area contributed by atoms with Crippen molar-refractivity contribution in [2.75, 3.05) is 20.5 Å². The van der Waals surface area contributed by atoms with E-state index in [4.69, 9.17) is 14.7 Å². The van der Waals surface area contributed by atoms with Gasteiger partial charge in [-0.25, -0.2) is 0 Å². The third kappa shape index (κ3) is 2.92.